The van der Waals surface area contributed by atoms with Gasteiger partial charge in [0.05, 0.1) is 30.6 Å². The molecule has 0 bridgehead atoms. The lowest BCUT2D eigenvalue weighted by Crippen LogP contribution is -2.61. The van der Waals surface area contributed by atoms with Crippen LogP contribution in [0.25, 0.3) is 21.8 Å². The predicted octanol–water partition coefficient (Wildman–Crippen LogP) is -3.88. The summed E-state index contributed by atoms with van der Waals surface area (Å²) in [4.78, 5) is 181. The molecule has 0 saturated carbocycles. The average Bonchev–Trinajstić information content (AvgIpc) is 1.66. The van der Waals surface area contributed by atoms with E-state index in [1.54, 1.807) is 67.2 Å². The number of fused-ring (bicyclic) bond motifs is 2. The highest BCUT2D eigenvalue weighted by Gasteiger charge is 2.36. The number of nitrogens with two attached hydrogens (primary N) is 4. The third-order valence-corrected chi connectivity index (χ3v) is 18.6. The maximum absolute atomic E-state index is 15.1. The molecule has 41 nitrogen and oxygen atoms in total. The summed E-state index contributed by atoms with van der Waals surface area (Å²) in [6.45, 7) is -0.709. The van der Waals surface area contributed by atoms with Crippen molar-refractivity contribution < 1.29 is 52.7 Å². The van der Waals surface area contributed by atoms with Crippen LogP contribution in [0, 0.1) is 21.6 Å². The molecule has 0 radical (unpaired) electrons. The van der Waals surface area contributed by atoms with Crippen LogP contribution in [-0.2, 0) is 68.8 Å². The molecule has 0 aliphatic carbocycles. The second-order valence-corrected chi connectivity index (χ2v) is 27.5. The number of hydrogen-bond acceptors (Lipinski definition) is 19. The predicted molar refractivity (Wildman–Crippen MR) is 403 cm³/mol. The van der Waals surface area contributed by atoms with Gasteiger partial charge in [-0.15, -0.1) is 0 Å². The number of benzene rings is 2. The van der Waals surface area contributed by atoms with Crippen LogP contribution in [0.2, 0.25) is 0 Å². The number of nitrogens with zero attached hydrogens (tertiary/aromatic N) is 2. The quantitative estimate of drug-likeness (QED) is 0.0101. The molecule has 1 unspecified atom stereocenters. The van der Waals surface area contributed by atoms with Crippen LogP contribution in [-0.4, -0.2) is 212 Å². The molecule has 13 amide bonds. The van der Waals surface area contributed by atoms with E-state index < -0.39 is 143 Å². The minimum atomic E-state index is -1.57. The highest BCUT2D eigenvalue weighted by molar-refractivity contribution is 8.76. The highest BCUT2D eigenvalue weighted by atomic mass is 33.1. The Morgan fingerprint density at radius 3 is 1.32 bits per heavy atom. The van der Waals surface area contributed by atoms with Crippen molar-refractivity contribution in [3.63, 3.8) is 0 Å². The minimum Gasteiger partial charge on any atom is -0.370 e. The van der Waals surface area contributed by atoms with Crippen LogP contribution in [0.4, 0.5) is 9.59 Å². The summed E-state index contributed by atoms with van der Waals surface area (Å²) in [5.74, 6) is -10.1. The molecule has 6 aromatic rings. The highest BCUT2D eigenvalue weighted by Crippen LogP contribution is 2.24. The first kappa shape index (κ1) is 83.0. The molecule has 582 valence electrons. The number of hydrogen-bond donors (Lipinski definition) is 28. The lowest BCUT2D eigenvalue weighted by atomic mass is 10.0. The summed E-state index contributed by atoms with van der Waals surface area (Å²) in [6.07, 6.45) is 8.06. The van der Waals surface area contributed by atoms with Crippen molar-refractivity contribution in [2.24, 2.45) is 22.9 Å². The van der Waals surface area contributed by atoms with E-state index in [0.717, 1.165) is 21.6 Å². The molecule has 2 aromatic carbocycles. The zero-order valence-electron chi connectivity index (χ0n) is 59.0. The van der Waals surface area contributed by atoms with Gasteiger partial charge in [0.25, 0.3) is 11.8 Å². The van der Waals surface area contributed by atoms with Gasteiger partial charge in [-0.05, 0) is 93.7 Å². The summed E-state index contributed by atoms with van der Waals surface area (Å²) < 4.78 is 0. The first-order chi connectivity index (χ1) is 51.8. The second kappa shape index (κ2) is 42.6. The zero-order valence-corrected chi connectivity index (χ0v) is 60.7. The van der Waals surface area contributed by atoms with Crippen molar-refractivity contribution in [1.82, 2.24) is 115 Å². The Hall–Kier alpha value is -12.3. The summed E-state index contributed by atoms with van der Waals surface area (Å²) >= 11 is 0. The number of imide groups is 1. The second-order valence-electron chi connectivity index (χ2n) is 24.9. The first-order valence-electron chi connectivity index (χ1n) is 34.5. The Morgan fingerprint density at radius 1 is 0.444 bits per heavy atom. The molecule has 9 atom stereocenters. The van der Waals surface area contributed by atoms with Crippen LogP contribution in [0.1, 0.15) is 80.3 Å². The summed E-state index contributed by atoms with van der Waals surface area (Å²) in [6, 6.07) is 1.23. The molecule has 7 rings (SSSR count). The smallest absolute Gasteiger partial charge is 0.322 e. The number of para-hydroxylation sites is 2. The van der Waals surface area contributed by atoms with Gasteiger partial charge in [-0.25, -0.2) is 19.6 Å². The number of aromatic nitrogens is 6. The molecule has 108 heavy (non-hydrogen) atoms. The van der Waals surface area contributed by atoms with E-state index in [0.29, 0.717) is 44.3 Å². The fraction of sp³-hybridized carbons (Fsp3) is 0.431. The average molecular weight is 1540 g/mol. The zero-order chi connectivity index (χ0) is 78.1. The maximum Gasteiger partial charge on any atom is 0.322 e. The number of urea groups is 2. The molecule has 5 heterocycles. The Bertz CT molecular complexity index is 4100. The van der Waals surface area contributed by atoms with E-state index in [1.807, 2.05) is 0 Å². The molecule has 1 fully saturated rings. The lowest BCUT2D eigenvalue weighted by Gasteiger charge is -2.28. The molecule has 0 spiro atoms. The third kappa shape index (κ3) is 27.6. The van der Waals surface area contributed by atoms with Gasteiger partial charge in [-0.3, -0.25) is 70.1 Å². The van der Waals surface area contributed by atoms with Crippen LogP contribution < -0.4 is 108 Å². The van der Waals surface area contributed by atoms with E-state index in [9.17, 15) is 47.9 Å². The van der Waals surface area contributed by atoms with Crippen molar-refractivity contribution in [3.05, 3.63) is 108 Å². The van der Waals surface area contributed by atoms with Crippen LogP contribution in [0.3, 0.4) is 0 Å². The van der Waals surface area contributed by atoms with E-state index in [1.165, 1.54) is 25.0 Å². The van der Waals surface area contributed by atoms with Crippen LogP contribution in [0.15, 0.2) is 86.0 Å². The molecule has 1 aliphatic heterocycles. The topological polar surface area (TPSA) is 669 Å². The van der Waals surface area contributed by atoms with Crippen LogP contribution >= 0.6 is 21.6 Å². The number of imidazole rings is 2. The standard InChI is InChI=1S/C65H94N30O11S2/c1-107-108-59-58(104)92-49(26-37-30-75-33-84-37)93-64(105)90-44(16-8-22-78-62(70)71)52(98)88-47(24-34-27-80-40-12-4-2-10-38(34)40)56(102)86-42(14-6-20-76-60(66)67)51(97)82-31-50(96)85-46(19-18-36-29-74-32-83-36)55(101)95-65(106)91-45(17-9-23-79-63(72)73)53(99)89-48(25-35-28-81-41-13-5-3-11-39(35)41)57(103)87-43(54(100)94-59)15-7-21-77-61(68)69/h2-5,10-13,27-30,32-33,42-49,59,80-81H,6-9,14-26,31H2,1H3,(H,74,83)(H,75,84)(H,82,97)(H,85,96)(H,86,102)(H,87,103)(H,88,98)(H,89,99)(H,92,104)(H,94,100)(H4,66,67,76)(H4,68,69,77)(H4,70,71,78)(H4,72,73,79)(H2,90,93,105)(H2,91,95,101,106)/t42-,43-,44-,45-,46-,47-,48-,49+,59?/m0/s1. The molecular weight excluding hydrogens is 1440 g/mol. The number of aromatic amines is 4. The Kier molecular flexibility index (Phi) is 32.7. The first-order valence-corrected chi connectivity index (χ1v) is 37.1. The molecular formula is C65H94N30O11S2. The van der Waals surface area contributed by atoms with E-state index in [-0.39, 0.29) is 116 Å². The number of aryl methyl sites for hydroxylation is 1. The van der Waals surface area contributed by atoms with E-state index in [2.05, 4.69) is 115 Å². The Labute approximate surface area is 626 Å². The maximum atomic E-state index is 15.1. The summed E-state index contributed by atoms with van der Waals surface area (Å²) in [7, 11) is 1.95. The van der Waals surface area contributed by atoms with Gasteiger partial charge in [-0.1, -0.05) is 58.0 Å². The lowest BCUT2D eigenvalue weighted by molar-refractivity contribution is -0.133. The molecule has 32 N–H and O–H groups in total. The molecule has 4 aromatic heterocycles. The number of amides is 13. The van der Waals surface area contributed by atoms with E-state index in [4.69, 9.17) is 44.6 Å². The number of carbonyl (C=O) groups is 11. The van der Waals surface area contributed by atoms with Crippen molar-refractivity contribution in [2.45, 2.75) is 137 Å². The van der Waals surface area contributed by atoms with Crippen molar-refractivity contribution in [3.8, 4) is 0 Å². The fourth-order valence-electron chi connectivity index (χ4n) is 11.5. The third-order valence-electron chi connectivity index (χ3n) is 16.8. The van der Waals surface area contributed by atoms with Crippen LogP contribution in [0.5, 0.6) is 0 Å². The van der Waals surface area contributed by atoms with Gasteiger partial charge in [-0.2, -0.15) is 0 Å². The Balaban J connectivity index is 1.29. The van der Waals surface area contributed by atoms with Gasteiger partial charge in [0.15, 0.2) is 29.2 Å². The monoisotopic (exact) mass is 1530 g/mol. The van der Waals surface area contributed by atoms with Crippen molar-refractivity contribution in [1.29, 1.82) is 21.6 Å². The largest absolute Gasteiger partial charge is 0.370 e. The number of rotatable bonds is 27. The van der Waals surface area contributed by atoms with Crippen molar-refractivity contribution >= 4 is 132 Å². The minimum absolute atomic E-state index is 0.0103. The number of guanidine groups is 4. The van der Waals surface area contributed by atoms with E-state index >= 15 is 4.79 Å². The van der Waals surface area contributed by atoms with Gasteiger partial charge < -0.3 is 123 Å². The SMILES string of the molecule is CSSC1NC(=O)[C@H](CCCNC(=N)N)NC(=O)[C@H](Cc2c[nH]c3ccccc23)NC(=O)[C@H](CCCNC(=N)N)NC(=O)NC(=O)[C@H](CCc2c[nH]cn2)NC(=O)CNC(=O)[C@H](CCCNC(=N)N)NC(=O)[C@H](Cc2c[nH]c3ccccc23)NC(=O)[C@H](CCCNC(=N)N)NC(=O)N[C@H](Cc2c[nH]cn2)NC1=O. The summed E-state index contributed by atoms with van der Waals surface area (Å²) in [5, 5.41) is 72.7. The molecule has 1 saturated heterocycles. The number of nitrogens with one attached hydrogen (secondary N) is 24. The van der Waals surface area contributed by atoms with Gasteiger partial charge in [0.1, 0.15) is 48.5 Å². The summed E-state index contributed by atoms with van der Waals surface area (Å²) in [5.41, 5.74) is 25.5. The number of carbonyl (C=O) groups excluding carboxylic acids is 11. The normalized spacial score (nSPS) is 20.9. The van der Waals surface area contributed by atoms with Crippen molar-refractivity contribution in [2.75, 3.05) is 39.0 Å². The number of H-pyrrole nitrogens is 4. The van der Waals surface area contributed by atoms with Gasteiger partial charge in [0, 0.05) is 92.0 Å². The Morgan fingerprint density at radius 2 is 0.861 bits per heavy atom. The fourth-order valence-corrected chi connectivity index (χ4v) is 13.0. The molecule has 1 aliphatic rings. The van der Waals surface area contributed by atoms with Gasteiger partial charge in [0.2, 0.25) is 41.4 Å². The van der Waals surface area contributed by atoms with Gasteiger partial charge >= 0.3 is 12.1 Å². The molecule has 43 heteroatoms.